The van der Waals surface area contributed by atoms with Gasteiger partial charge in [-0.3, -0.25) is 4.90 Å². The maximum atomic E-state index is 4.94. The van der Waals surface area contributed by atoms with Crippen molar-refractivity contribution in [1.82, 2.24) is 15.2 Å². The molecule has 1 N–H and O–H groups in total. The number of nitrogens with zero attached hydrogens (tertiary/aromatic N) is 2. The van der Waals surface area contributed by atoms with E-state index in [1.54, 1.807) is 6.26 Å². The minimum Gasteiger partial charge on any atom is -0.451 e. The number of nitrogens with one attached hydrogen (secondary N) is 1. The summed E-state index contributed by atoms with van der Waals surface area (Å²) in [5.74, 6) is 0. The summed E-state index contributed by atoms with van der Waals surface area (Å²) in [6.07, 6.45) is 3.21. The second-order valence-electron chi connectivity index (χ2n) is 3.50. The molecular formula is C9H16ClN3O. The summed E-state index contributed by atoms with van der Waals surface area (Å²) in [5, 5.41) is 3.36. The normalized spacial score (nSPS) is 23.1. The van der Waals surface area contributed by atoms with E-state index in [-0.39, 0.29) is 12.4 Å². The van der Waals surface area contributed by atoms with Gasteiger partial charge in [-0.05, 0) is 6.92 Å². The van der Waals surface area contributed by atoms with E-state index in [0.717, 1.165) is 31.9 Å². The zero-order valence-electron chi connectivity index (χ0n) is 8.27. The molecule has 0 radical (unpaired) electrons. The number of aromatic nitrogens is 1. The van der Waals surface area contributed by atoms with Crippen molar-refractivity contribution in [3.63, 3.8) is 0 Å². The van der Waals surface area contributed by atoms with Crippen LogP contribution in [0.2, 0.25) is 0 Å². The van der Waals surface area contributed by atoms with Crippen LogP contribution in [0.25, 0.3) is 0 Å². The highest BCUT2D eigenvalue weighted by Gasteiger charge is 2.18. The van der Waals surface area contributed by atoms with Crippen LogP contribution in [-0.2, 0) is 6.54 Å². The van der Waals surface area contributed by atoms with E-state index < -0.39 is 0 Å². The summed E-state index contributed by atoms with van der Waals surface area (Å²) in [7, 11) is 0. The quantitative estimate of drug-likeness (QED) is 0.799. The molecule has 14 heavy (non-hydrogen) atoms. The molecule has 1 fully saturated rings. The van der Waals surface area contributed by atoms with Gasteiger partial charge < -0.3 is 9.73 Å². The first-order valence-corrected chi connectivity index (χ1v) is 4.68. The van der Waals surface area contributed by atoms with Crippen LogP contribution in [0.1, 0.15) is 12.6 Å². The van der Waals surface area contributed by atoms with E-state index in [1.165, 1.54) is 6.39 Å². The van der Waals surface area contributed by atoms with Gasteiger partial charge in [0.1, 0.15) is 6.26 Å². The molecule has 1 saturated heterocycles. The van der Waals surface area contributed by atoms with Crippen molar-refractivity contribution in [3.05, 3.63) is 18.4 Å². The standard InChI is InChI=1S/C9H15N3O.ClH/c1-8-4-10-2-3-12(8)5-9-6-13-7-11-9;/h6-8,10H,2-5H2,1H3;1H/t8-;/m1./s1. The van der Waals surface area contributed by atoms with Gasteiger partial charge >= 0.3 is 0 Å². The second kappa shape index (κ2) is 5.34. The third-order valence-electron chi connectivity index (χ3n) is 2.49. The van der Waals surface area contributed by atoms with E-state index in [4.69, 9.17) is 4.42 Å². The van der Waals surface area contributed by atoms with Crippen molar-refractivity contribution in [2.24, 2.45) is 0 Å². The minimum atomic E-state index is 0. The van der Waals surface area contributed by atoms with Crippen LogP contribution < -0.4 is 5.32 Å². The molecule has 1 aliphatic heterocycles. The lowest BCUT2D eigenvalue weighted by Crippen LogP contribution is -2.49. The van der Waals surface area contributed by atoms with Crippen molar-refractivity contribution < 1.29 is 4.42 Å². The Morgan fingerprint density at radius 1 is 1.71 bits per heavy atom. The van der Waals surface area contributed by atoms with E-state index >= 15 is 0 Å². The van der Waals surface area contributed by atoms with Crippen LogP contribution in [-0.4, -0.2) is 35.6 Å². The van der Waals surface area contributed by atoms with Gasteiger partial charge in [0.25, 0.3) is 0 Å². The molecule has 1 aromatic heterocycles. The molecule has 2 rings (SSSR count). The first-order valence-electron chi connectivity index (χ1n) is 4.68. The monoisotopic (exact) mass is 217 g/mol. The van der Waals surface area contributed by atoms with Gasteiger partial charge in [-0.15, -0.1) is 12.4 Å². The molecule has 1 atom stereocenters. The van der Waals surface area contributed by atoms with Gasteiger partial charge in [0.2, 0.25) is 0 Å². The summed E-state index contributed by atoms with van der Waals surface area (Å²) in [6, 6.07) is 0.588. The predicted molar refractivity (Wildman–Crippen MR) is 56.5 cm³/mol. The minimum absolute atomic E-state index is 0. The molecule has 2 heterocycles. The predicted octanol–water partition coefficient (Wildman–Crippen LogP) is 0.890. The maximum Gasteiger partial charge on any atom is 0.180 e. The second-order valence-corrected chi connectivity index (χ2v) is 3.50. The summed E-state index contributed by atoms with van der Waals surface area (Å²) in [6.45, 7) is 6.36. The smallest absolute Gasteiger partial charge is 0.180 e. The lowest BCUT2D eigenvalue weighted by molar-refractivity contribution is 0.163. The summed E-state index contributed by atoms with van der Waals surface area (Å²) < 4.78 is 4.94. The molecule has 4 nitrogen and oxygen atoms in total. The van der Waals surface area contributed by atoms with Crippen molar-refractivity contribution in [3.8, 4) is 0 Å². The number of oxazole rings is 1. The Balaban J connectivity index is 0.000000980. The number of hydrogen-bond donors (Lipinski definition) is 1. The Morgan fingerprint density at radius 3 is 3.21 bits per heavy atom. The largest absolute Gasteiger partial charge is 0.451 e. The molecule has 80 valence electrons. The first kappa shape index (κ1) is 11.5. The maximum absolute atomic E-state index is 4.94. The lowest BCUT2D eigenvalue weighted by atomic mass is 10.2. The molecule has 5 heteroatoms. The van der Waals surface area contributed by atoms with E-state index in [1.807, 2.05) is 0 Å². The number of hydrogen-bond acceptors (Lipinski definition) is 4. The highest BCUT2D eigenvalue weighted by atomic mass is 35.5. The third kappa shape index (κ3) is 2.70. The van der Waals surface area contributed by atoms with Crippen LogP contribution in [0, 0.1) is 0 Å². The molecule has 0 amide bonds. The zero-order valence-corrected chi connectivity index (χ0v) is 9.09. The first-order chi connectivity index (χ1) is 6.36. The van der Waals surface area contributed by atoms with Gasteiger partial charge in [0.05, 0.1) is 5.69 Å². The molecule has 0 unspecified atom stereocenters. The molecule has 0 spiro atoms. The summed E-state index contributed by atoms with van der Waals surface area (Å²) >= 11 is 0. The number of piperazine rings is 1. The molecule has 0 saturated carbocycles. The van der Waals surface area contributed by atoms with Crippen LogP contribution in [0.4, 0.5) is 0 Å². The van der Waals surface area contributed by atoms with Crippen molar-refractivity contribution in [1.29, 1.82) is 0 Å². The average molecular weight is 218 g/mol. The van der Waals surface area contributed by atoms with Crippen molar-refractivity contribution in [2.45, 2.75) is 19.5 Å². The lowest BCUT2D eigenvalue weighted by Gasteiger charge is -2.33. The molecule has 0 aliphatic carbocycles. The van der Waals surface area contributed by atoms with Gasteiger partial charge in [-0.2, -0.15) is 0 Å². The Morgan fingerprint density at radius 2 is 2.57 bits per heavy atom. The fourth-order valence-corrected chi connectivity index (χ4v) is 1.64. The van der Waals surface area contributed by atoms with Gasteiger partial charge in [-0.25, -0.2) is 4.98 Å². The Kier molecular flexibility index (Phi) is 4.38. The van der Waals surface area contributed by atoms with Gasteiger partial charge in [0.15, 0.2) is 6.39 Å². The topological polar surface area (TPSA) is 41.3 Å². The van der Waals surface area contributed by atoms with Crippen molar-refractivity contribution >= 4 is 12.4 Å². The van der Waals surface area contributed by atoms with E-state index in [0.29, 0.717) is 6.04 Å². The molecule has 1 aliphatic rings. The highest BCUT2D eigenvalue weighted by molar-refractivity contribution is 5.85. The van der Waals surface area contributed by atoms with Gasteiger partial charge in [0, 0.05) is 32.2 Å². The number of rotatable bonds is 2. The Hall–Kier alpha value is -0.580. The van der Waals surface area contributed by atoms with Gasteiger partial charge in [-0.1, -0.05) is 0 Å². The molecule has 0 aromatic carbocycles. The molecular weight excluding hydrogens is 202 g/mol. The van der Waals surface area contributed by atoms with Crippen LogP contribution in [0.15, 0.2) is 17.1 Å². The fourth-order valence-electron chi connectivity index (χ4n) is 1.64. The Labute approximate surface area is 90.1 Å². The average Bonchev–Trinajstić information content (AvgIpc) is 2.61. The third-order valence-corrected chi connectivity index (χ3v) is 2.49. The van der Waals surface area contributed by atoms with E-state index in [9.17, 15) is 0 Å². The SMILES string of the molecule is C[C@@H]1CNCCN1Cc1cocn1.Cl. The van der Waals surface area contributed by atoms with Crippen LogP contribution in [0.5, 0.6) is 0 Å². The molecule has 0 bridgehead atoms. The van der Waals surface area contributed by atoms with E-state index in [2.05, 4.69) is 22.1 Å². The summed E-state index contributed by atoms with van der Waals surface area (Å²) in [4.78, 5) is 6.53. The van der Waals surface area contributed by atoms with Crippen LogP contribution >= 0.6 is 12.4 Å². The fraction of sp³-hybridized carbons (Fsp3) is 0.667. The van der Waals surface area contributed by atoms with Crippen molar-refractivity contribution in [2.75, 3.05) is 19.6 Å². The number of halogens is 1. The zero-order chi connectivity index (χ0) is 9.10. The summed E-state index contributed by atoms with van der Waals surface area (Å²) in [5.41, 5.74) is 1.02. The Bertz CT molecular complexity index is 253. The van der Waals surface area contributed by atoms with Crippen LogP contribution in [0.3, 0.4) is 0 Å². The molecule has 1 aromatic rings. The highest BCUT2D eigenvalue weighted by Crippen LogP contribution is 2.07.